The molecule has 0 aromatic rings. The molecule has 0 radical (unpaired) electrons. The Labute approximate surface area is 122 Å². The van der Waals surface area contributed by atoms with Crippen LogP contribution in [-0.4, -0.2) is 25.3 Å². The standard InChI is InChI=1S/C17H26O3/c1-11(2)17(18)20-9-8-19-13(4)16-10-12(3)14-6-5-7-15(14)16/h5,7,12-16H,1,6,8-10H2,2-4H3. The summed E-state index contributed by atoms with van der Waals surface area (Å²) in [6, 6.07) is 0. The van der Waals surface area contributed by atoms with Crippen molar-refractivity contribution in [3.8, 4) is 0 Å². The maximum absolute atomic E-state index is 11.2. The van der Waals surface area contributed by atoms with E-state index < -0.39 is 0 Å². The molecule has 2 rings (SSSR count). The molecule has 112 valence electrons. The Morgan fingerprint density at radius 1 is 1.45 bits per heavy atom. The fourth-order valence-corrected chi connectivity index (χ4v) is 3.65. The quantitative estimate of drug-likeness (QED) is 0.323. The first kappa shape index (κ1) is 15.3. The normalized spacial score (nSPS) is 33.0. The molecule has 20 heavy (non-hydrogen) atoms. The second-order valence-corrected chi connectivity index (χ2v) is 6.27. The molecule has 0 aliphatic heterocycles. The van der Waals surface area contributed by atoms with E-state index in [1.165, 1.54) is 12.8 Å². The minimum Gasteiger partial charge on any atom is -0.460 e. The lowest BCUT2D eigenvalue weighted by Gasteiger charge is -2.24. The monoisotopic (exact) mass is 278 g/mol. The minimum atomic E-state index is -0.338. The average molecular weight is 278 g/mol. The Morgan fingerprint density at radius 3 is 2.90 bits per heavy atom. The van der Waals surface area contributed by atoms with Gasteiger partial charge in [-0.3, -0.25) is 0 Å². The summed E-state index contributed by atoms with van der Waals surface area (Å²) in [6.07, 6.45) is 7.38. The van der Waals surface area contributed by atoms with Crippen molar-refractivity contribution in [1.29, 1.82) is 0 Å². The first-order chi connectivity index (χ1) is 9.50. The van der Waals surface area contributed by atoms with Crippen LogP contribution in [-0.2, 0) is 14.3 Å². The lowest BCUT2D eigenvalue weighted by atomic mass is 9.88. The molecule has 0 spiro atoms. The first-order valence-electron chi connectivity index (χ1n) is 7.61. The predicted molar refractivity (Wildman–Crippen MR) is 79.2 cm³/mol. The van der Waals surface area contributed by atoms with Gasteiger partial charge in [0.05, 0.1) is 12.7 Å². The van der Waals surface area contributed by atoms with Gasteiger partial charge in [-0.15, -0.1) is 0 Å². The molecule has 0 heterocycles. The second kappa shape index (κ2) is 6.57. The Morgan fingerprint density at radius 2 is 2.20 bits per heavy atom. The van der Waals surface area contributed by atoms with Crippen molar-refractivity contribution in [3.05, 3.63) is 24.3 Å². The van der Waals surface area contributed by atoms with E-state index in [4.69, 9.17) is 9.47 Å². The Hall–Kier alpha value is -1.09. The van der Waals surface area contributed by atoms with E-state index in [-0.39, 0.29) is 12.1 Å². The molecule has 1 saturated carbocycles. The summed E-state index contributed by atoms with van der Waals surface area (Å²) >= 11 is 0. The fraction of sp³-hybridized carbons (Fsp3) is 0.706. The van der Waals surface area contributed by atoms with E-state index >= 15 is 0 Å². The molecule has 3 nitrogen and oxygen atoms in total. The van der Waals surface area contributed by atoms with Crippen LogP contribution in [0, 0.1) is 23.7 Å². The van der Waals surface area contributed by atoms with Crippen LogP contribution in [0.3, 0.4) is 0 Å². The lowest BCUT2D eigenvalue weighted by molar-refractivity contribution is -0.141. The maximum Gasteiger partial charge on any atom is 0.333 e. The lowest BCUT2D eigenvalue weighted by Crippen LogP contribution is -2.26. The van der Waals surface area contributed by atoms with Gasteiger partial charge in [0.1, 0.15) is 6.61 Å². The third kappa shape index (κ3) is 3.32. The van der Waals surface area contributed by atoms with Crippen LogP contribution in [0.4, 0.5) is 0 Å². The van der Waals surface area contributed by atoms with Crippen LogP contribution in [0.5, 0.6) is 0 Å². The molecular weight excluding hydrogens is 252 g/mol. The molecule has 3 heteroatoms. The van der Waals surface area contributed by atoms with Crippen molar-refractivity contribution in [3.63, 3.8) is 0 Å². The highest BCUT2D eigenvalue weighted by molar-refractivity contribution is 5.86. The van der Waals surface area contributed by atoms with Gasteiger partial charge in [0, 0.05) is 5.57 Å². The van der Waals surface area contributed by atoms with E-state index in [0.717, 1.165) is 11.8 Å². The van der Waals surface area contributed by atoms with Crippen molar-refractivity contribution in [1.82, 2.24) is 0 Å². The van der Waals surface area contributed by atoms with Crippen molar-refractivity contribution < 1.29 is 14.3 Å². The van der Waals surface area contributed by atoms with Gasteiger partial charge in [-0.25, -0.2) is 4.79 Å². The number of hydrogen-bond donors (Lipinski definition) is 0. The highest BCUT2D eigenvalue weighted by atomic mass is 16.6. The van der Waals surface area contributed by atoms with E-state index in [0.29, 0.717) is 30.6 Å². The molecule has 5 unspecified atom stereocenters. The zero-order valence-corrected chi connectivity index (χ0v) is 12.8. The van der Waals surface area contributed by atoms with E-state index in [1.807, 2.05) is 0 Å². The Balaban J connectivity index is 1.73. The summed E-state index contributed by atoms with van der Waals surface area (Å²) in [5.41, 5.74) is 0.432. The molecule has 0 bridgehead atoms. The highest BCUT2D eigenvalue weighted by Gasteiger charge is 2.43. The summed E-state index contributed by atoms with van der Waals surface area (Å²) in [7, 11) is 0. The molecule has 0 aromatic carbocycles. The van der Waals surface area contributed by atoms with Gasteiger partial charge in [-0.05, 0) is 50.4 Å². The van der Waals surface area contributed by atoms with Crippen LogP contribution >= 0.6 is 0 Å². The Kier molecular flexibility index (Phi) is 5.03. The van der Waals surface area contributed by atoms with Crippen LogP contribution in [0.1, 0.15) is 33.6 Å². The molecule has 2 aliphatic carbocycles. The summed E-state index contributed by atoms with van der Waals surface area (Å²) in [6.45, 7) is 10.5. The van der Waals surface area contributed by atoms with E-state index in [1.54, 1.807) is 6.92 Å². The third-order valence-corrected chi connectivity index (χ3v) is 4.78. The smallest absolute Gasteiger partial charge is 0.333 e. The van der Waals surface area contributed by atoms with E-state index in [2.05, 4.69) is 32.6 Å². The van der Waals surface area contributed by atoms with Crippen molar-refractivity contribution in [2.24, 2.45) is 23.7 Å². The molecular formula is C17H26O3. The van der Waals surface area contributed by atoms with Crippen LogP contribution in [0.25, 0.3) is 0 Å². The van der Waals surface area contributed by atoms with Gasteiger partial charge in [-0.2, -0.15) is 0 Å². The number of carbonyl (C=O) groups excluding carboxylic acids is 1. The topological polar surface area (TPSA) is 35.5 Å². The highest BCUT2D eigenvalue weighted by Crippen LogP contribution is 2.49. The zero-order chi connectivity index (χ0) is 14.7. The second-order valence-electron chi connectivity index (χ2n) is 6.27. The van der Waals surface area contributed by atoms with Gasteiger partial charge < -0.3 is 9.47 Å². The van der Waals surface area contributed by atoms with E-state index in [9.17, 15) is 4.79 Å². The summed E-state index contributed by atoms with van der Waals surface area (Å²) in [5, 5.41) is 0. The minimum absolute atomic E-state index is 0.221. The molecule has 0 saturated heterocycles. The molecule has 5 atom stereocenters. The number of hydrogen-bond acceptors (Lipinski definition) is 3. The van der Waals surface area contributed by atoms with Gasteiger partial charge in [-0.1, -0.05) is 25.7 Å². The number of ether oxygens (including phenoxy) is 2. The fourth-order valence-electron chi connectivity index (χ4n) is 3.65. The number of allylic oxidation sites excluding steroid dienone is 2. The summed E-state index contributed by atoms with van der Waals surface area (Å²) in [5.74, 6) is 2.54. The van der Waals surface area contributed by atoms with Crippen molar-refractivity contribution >= 4 is 5.97 Å². The van der Waals surface area contributed by atoms with Gasteiger partial charge >= 0.3 is 5.97 Å². The molecule has 1 fully saturated rings. The van der Waals surface area contributed by atoms with Crippen LogP contribution < -0.4 is 0 Å². The summed E-state index contributed by atoms with van der Waals surface area (Å²) in [4.78, 5) is 11.2. The first-order valence-corrected chi connectivity index (χ1v) is 7.61. The number of esters is 1. The zero-order valence-electron chi connectivity index (χ0n) is 12.8. The maximum atomic E-state index is 11.2. The largest absolute Gasteiger partial charge is 0.460 e. The number of carbonyl (C=O) groups is 1. The third-order valence-electron chi connectivity index (χ3n) is 4.78. The van der Waals surface area contributed by atoms with Crippen LogP contribution in [0.15, 0.2) is 24.3 Å². The average Bonchev–Trinajstić information content (AvgIpc) is 2.98. The van der Waals surface area contributed by atoms with Crippen molar-refractivity contribution in [2.45, 2.75) is 39.7 Å². The number of rotatable bonds is 6. The predicted octanol–water partition coefficient (Wildman–Crippen LogP) is 3.36. The van der Waals surface area contributed by atoms with Crippen molar-refractivity contribution in [2.75, 3.05) is 13.2 Å². The van der Waals surface area contributed by atoms with Gasteiger partial charge in [0.2, 0.25) is 0 Å². The van der Waals surface area contributed by atoms with Gasteiger partial charge in [0.25, 0.3) is 0 Å². The molecule has 0 aromatic heterocycles. The van der Waals surface area contributed by atoms with Gasteiger partial charge in [0.15, 0.2) is 0 Å². The summed E-state index contributed by atoms with van der Waals surface area (Å²) < 4.78 is 10.9. The SMILES string of the molecule is C=C(C)C(=O)OCCOC(C)C1CC(C)C2CC=CC21. The molecule has 0 N–H and O–H groups in total. The molecule has 0 amide bonds. The Bertz CT molecular complexity index is 399. The number of fused-ring (bicyclic) bond motifs is 1. The van der Waals surface area contributed by atoms with Crippen LogP contribution in [0.2, 0.25) is 0 Å². The molecule has 2 aliphatic rings.